The first-order chi connectivity index (χ1) is 16.0. The first kappa shape index (κ1) is 25.3. The average Bonchev–Trinajstić information content (AvgIpc) is 3.21. The van der Waals surface area contributed by atoms with Gasteiger partial charge in [-0.1, -0.05) is 62.7 Å². The lowest BCUT2D eigenvalue weighted by Crippen LogP contribution is -2.47. The molecule has 0 saturated carbocycles. The van der Waals surface area contributed by atoms with Crippen LogP contribution in [0.15, 0.2) is 60.7 Å². The van der Waals surface area contributed by atoms with Crippen LogP contribution in [0.25, 0.3) is 5.69 Å². The molecule has 0 atom stereocenters. The molecule has 0 spiro atoms. The molecule has 0 aliphatic carbocycles. The van der Waals surface area contributed by atoms with E-state index in [-0.39, 0.29) is 29.9 Å². The van der Waals surface area contributed by atoms with E-state index < -0.39 is 0 Å². The van der Waals surface area contributed by atoms with E-state index in [0.29, 0.717) is 17.4 Å². The number of benzene rings is 2. The van der Waals surface area contributed by atoms with Crippen molar-refractivity contribution in [3.63, 3.8) is 0 Å². The van der Waals surface area contributed by atoms with Gasteiger partial charge in [-0.2, -0.15) is 5.10 Å². The molecule has 3 aromatic rings. The van der Waals surface area contributed by atoms with Crippen molar-refractivity contribution in [3.8, 4) is 5.69 Å². The largest absolute Gasteiger partial charge is 0.334 e. The van der Waals surface area contributed by atoms with Crippen LogP contribution >= 0.6 is 11.6 Å². The summed E-state index contributed by atoms with van der Waals surface area (Å²) >= 11 is 6.04. The molecule has 0 bridgehead atoms. The van der Waals surface area contributed by atoms with Gasteiger partial charge in [0.15, 0.2) is 0 Å². The van der Waals surface area contributed by atoms with Crippen LogP contribution in [0.5, 0.6) is 0 Å². The lowest BCUT2D eigenvalue weighted by atomic mass is 9.92. The molecular formula is C26H32ClN5O2. The standard InChI is InChI=1S/C26H32ClN5O2/c1-18(2)31(25(34)28-16-19-9-7-6-8-10-19)17-24(33)29-23-15-22(26(3,4)5)30-32(23)21-13-11-20(27)12-14-21/h6-15,18H,16-17H2,1-5H3,(H,28,34)(H,29,33). The molecule has 0 fully saturated rings. The highest BCUT2D eigenvalue weighted by atomic mass is 35.5. The number of urea groups is 1. The third kappa shape index (κ3) is 6.60. The molecule has 3 rings (SSSR count). The molecule has 1 heterocycles. The van der Waals surface area contributed by atoms with Crippen molar-refractivity contribution in [3.05, 3.63) is 76.9 Å². The van der Waals surface area contributed by atoms with Crippen molar-refractivity contribution >= 4 is 29.4 Å². The third-order valence-corrected chi connectivity index (χ3v) is 5.55. The van der Waals surface area contributed by atoms with Gasteiger partial charge in [0.25, 0.3) is 0 Å². The number of hydrogen-bond acceptors (Lipinski definition) is 3. The van der Waals surface area contributed by atoms with E-state index in [0.717, 1.165) is 16.9 Å². The van der Waals surface area contributed by atoms with Crippen LogP contribution < -0.4 is 10.6 Å². The van der Waals surface area contributed by atoms with Gasteiger partial charge in [0.1, 0.15) is 12.4 Å². The van der Waals surface area contributed by atoms with E-state index >= 15 is 0 Å². The van der Waals surface area contributed by atoms with Crippen molar-refractivity contribution in [1.82, 2.24) is 20.0 Å². The molecule has 180 valence electrons. The molecule has 2 N–H and O–H groups in total. The second-order valence-electron chi connectivity index (χ2n) is 9.47. The summed E-state index contributed by atoms with van der Waals surface area (Å²) in [5, 5.41) is 11.2. The van der Waals surface area contributed by atoms with Gasteiger partial charge in [-0.15, -0.1) is 0 Å². The second-order valence-corrected chi connectivity index (χ2v) is 9.90. The molecule has 0 aliphatic heterocycles. The minimum atomic E-state index is -0.306. The van der Waals surface area contributed by atoms with Crippen molar-refractivity contribution in [1.29, 1.82) is 0 Å². The number of anilines is 1. The summed E-state index contributed by atoms with van der Waals surface area (Å²) in [5.74, 6) is 0.227. The van der Waals surface area contributed by atoms with Gasteiger partial charge < -0.3 is 15.5 Å². The van der Waals surface area contributed by atoms with Crippen LogP contribution in [-0.4, -0.2) is 39.2 Å². The molecule has 0 radical (unpaired) electrons. The highest BCUT2D eigenvalue weighted by Crippen LogP contribution is 2.27. The van der Waals surface area contributed by atoms with Crippen molar-refractivity contribution in [2.45, 2.75) is 52.6 Å². The Kier molecular flexibility index (Phi) is 7.99. The van der Waals surface area contributed by atoms with E-state index in [4.69, 9.17) is 16.7 Å². The Morgan fingerprint density at radius 1 is 1.06 bits per heavy atom. The molecule has 3 amide bonds. The normalized spacial score (nSPS) is 11.4. The summed E-state index contributed by atoms with van der Waals surface area (Å²) in [6, 6.07) is 18.3. The fourth-order valence-corrected chi connectivity index (χ4v) is 3.44. The number of nitrogens with one attached hydrogen (secondary N) is 2. The van der Waals surface area contributed by atoms with Crippen LogP contribution in [0, 0.1) is 0 Å². The van der Waals surface area contributed by atoms with Crippen molar-refractivity contribution < 1.29 is 9.59 Å². The quantitative estimate of drug-likeness (QED) is 0.475. The number of rotatable bonds is 7. The van der Waals surface area contributed by atoms with E-state index in [2.05, 4.69) is 31.4 Å². The minimum Gasteiger partial charge on any atom is -0.334 e. The Morgan fingerprint density at radius 3 is 2.29 bits per heavy atom. The number of aromatic nitrogens is 2. The van der Waals surface area contributed by atoms with E-state index in [9.17, 15) is 9.59 Å². The Balaban J connectivity index is 1.75. The van der Waals surface area contributed by atoms with Gasteiger partial charge in [-0.3, -0.25) is 4.79 Å². The van der Waals surface area contributed by atoms with Crippen LogP contribution in [0.3, 0.4) is 0 Å². The maximum Gasteiger partial charge on any atom is 0.318 e. The van der Waals surface area contributed by atoms with Crippen LogP contribution in [0.4, 0.5) is 10.6 Å². The Morgan fingerprint density at radius 2 is 1.71 bits per heavy atom. The Hall–Kier alpha value is -3.32. The smallest absolute Gasteiger partial charge is 0.318 e. The van der Waals surface area contributed by atoms with E-state index in [1.807, 2.05) is 62.4 Å². The highest BCUT2D eigenvalue weighted by molar-refractivity contribution is 6.30. The van der Waals surface area contributed by atoms with Gasteiger partial charge in [0, 0.05) is 29.1 Å². The third-order valence-electron chi connectivity index (χ3n) is 5.30. The van der Waals surface area contributed by atoms with Gasteiger partial charge >= 0.3 is 6.03 Å². The summed E-state index contributed by atoms with van der Waals surface area (Å²) in [7, 11) is 0. The molecule has 34 heavy (non-hydrogen) atoms. The minimum absolute atomic E-state index is 0.0884. The lowest BCUT2D eigenvalue weighted by molar-refractivity contribution is -0.117. The van der Waals surface area contributed by atoms with Gasteiger partial charge in [-0.05, 0) is 43.7 Å². The first-order valence-electron chi connectivity index (χ1n) is 11.3. The first-order valence-corrected chi connectivity index (χ1v) is 11.7. The molecule has 0 saturated heterocycles. The summed E-state index contributed by atoms with van der Waals surface area (Å²) in [4.78, 5) is 27.3. The maximum atomic E-state index is 13.0. The zero-order valence-electron chi connectivity index (χ0n) is 20.3. The summed E-state index contributed by atoms with van der Waals surface area (Å²) in [6.45, 7) is 10.2. The SMILES string of the molecule is CC(C)N(CC(=O)Nc1cc(C(C)(C)C)nn1-c1ccc(Cl)cc1)C(=O)NCc1ccccc1. The summed E-state index contributed by atoms with van der Waals surface area (Å²) in [6.07, 6.45) is 0. The number of carbonyl (C=O) groups excluding carboxylic acids is 2. The van der Waals surface area contributed by atoms with Gasteiger partial charge in [0.2, 0.25) is 5.91 Å². The predicted molar refractivity (Wildman–Crippen MR) is 136 cm³/mol. The Bertz CT molecular complexity index is 1120. The van der Waals surface area contributed by atoms with Crippen LogP contribution in [0.2, 0.25) is 5.02 Å². The number of amides is 3. The predicted octanol–water partition coefficient (Wildman–Crippen LogP) is 5.38. The van der Waals surface area contributed by atoms with Gasteiger partial charge in [0.05, 0.1) is 11.4 Å². The fraction of sp³-hybridized carbons (Fsp3) is 0.346. The number of hydrogen-bond donors (Lipinski definition) is 2. The van der Waals surface area contributed by atoms with E-state index in [1.165, 1.54) is 4.90 Å². The number of carbonyl (C=O) groups is 2. The fourth-order valence-electron chi connectivity index (χ4n) is 3.32. The van der Waals surface area contributed by atoms with Crippen molar-refractivity contribution in [2.24, 2.45) is 0 Å². The highest BCUT2D eigenvalue weighted by Gasteiger charge is 2.24. The number of nitrogens with zero attached hydrogens (tertiary/aromatic N) is 3. The lowest BCUT2D eigenvalue weighted by Gasteiger charge is -2.26. The molecule has 1 aromatic heterocycles. The molecule has 0 unspecified atom stereocenters. The molecule has 7 nitrogen and oxygen atoms in total. The topological polar surface area (TPSA) is 79.3 Å². The molecular weight excluding hydrogens is 450 g/mol. The maximum absolute atomic E-state index is 13.0. The molecule has 2 aromatic carbocycles. The summed E-state index contributed by atoms with van der Waals surface area (Å²) < 4.78 is 1.68. The number of halogens is 1. The van der Waals surface area contributed by atoms with Crippen LogP contribution in [-0.2, 0) is 16.8 Å². The van der Waals surface area contributed by atoms with Crippen LogP contribution in [0.1, 0.15) is 45.9 Å². The van der Waals surface area contributed by atoms with E-state index in [1.54, 1.807) is 16.8 Å². The Labute approximate surface area is 206 Å². The zero-order chi connectivity index (χ0) is 24.9. The monoisotopic (exact) mass is 481 g/mol. The van der Waals surface area contributed by atoms with Crippen molar-refractivity contribution in [2.75, 3.05) is 11.9 Å². The zero-order valence-corrected chi connectivity index (χ0v) is 21.1. The second kappa shape index (κ2) is 10.7. The average molecular weight is 482 g/mol. The molecule has 0 aliphatic rings. The van der Waals surface area contributed by atoms with Gasteiger partial charge in [-0.25, -0.2) is 9.48 Å². The summed E-state index contributed by atoms with van der Waals surface area (Å²) in [5.41, 5.74) is 2.39. The molecule has 8 heteroatoms.